The Kier molecular flexibility index (Phi) is 5.38. The van der Waals surface area contributed by atoms with Gasteiger partial charge in [-0.15, -0.1) is 0 Å². The summed E-state index contributed by atoms with van der Waals surface area (Å²) in [5.41, 5.74) is 2.27. The Bertz CT molecular complexity index is 1140. The molecule has 3 aromatic rings. The SMILES string of the molecule is O=C(O)[C@H]1C[C@H](N2CCc3oc(-c4ccc(OCc5ccc(F)c(F)c5)cc4)nc3C2)C1. The van der Waals surface area contributed by atoms with Crippen LogP contribution < -0.4 is 4.74 Å². The molecule has 0 atom stereocenters. The highest BCUT2D eigenvalue weighted by atomic mass is 19.2. The Balaban J connectivity index is 1.21. The number of carbonyl (C=O) groups is 1. The second kappa shape index (κ2) is 8.35. The first-order valence-electron chi connectivity index (χ1n) is 10.6. The molecule has 1 aromatic heterocycles. The Morgan fingerprint density at radius 2 is 1.94 bits per heavy atom. The first-order chi connectivity index (χ1) is 15.5. The summed E-state index contributed by atoms with van der Waals surface area (Å²) in [7, 11) is 0. The molecule has 5 rings (SSSR count). The molecule has 0 saturated heterocycles. The Labute approximate surface area is 183 Å². The summed E-state index contributed by atoms with van der Waals surface area (Å²) < 4.78 is 38.0. The van der Waals surface area contributed by atoms with E-state index in [-0.39, 0.29) is 12.5 Å². The number of rotatable bonds is 6. The second-order valence-electron chi connectivity index (χ2n) is 8.33. The largest absolute Gasteiger partial charge is 0.489 e. The first kappa shape index (κ1) is 20.6. The quantitative estimate of drug-likeness (QED) is 0.612. The number of benzene rings is 2. The summed E-state index contributed by atoms with van der Waals surface area (Å²) in [6.07, 6.45) is 2.15. The lowest BCUT2D eigenvalue weighted by molar-refractivity contribution is -0.147. The van der Waals surface area contributed by atoms with Gasteiger partial charge in [-0.2, -0.15) is 0 Å². The highest BCUT2D eigenvalue weighted by Crippen LogP contribution is 2.35. The lowest BCUT2D eigenvalue weighted by Crippen LogP contribution is -2.48. The monoisotopic (exact) mass is 440 g/mol. The number of nitrogens with zero attached hydrogens (tertiary/aromatic N) is 2. The van der Waals surface area contributed by atoms with Crippen LogP contribution in [0.2, 0.25) is 0 Å². The van der Waals surface area contributed by atoms with Crippen molar-refractivity contribution in [3.63, 3.8) is 0 Å². The summed E-state index contributed by atoms with van der Waals surface area (Å²) >= 11 is 0. The van der Waals surface area contributed by atoms with Gasteiger partial charge in [-0.25, -0.2) is 13.8 Å². The van der Waals surface area contributed by atoms with E-state index in [9.17, 15) is 13.6 Å². The lowest BCUT2D eigenvalue weighted by Gasteiger charge is -2.42. The smallest absolute Gasteiger partial charge is 0.306 e. The van der Waals surface area contributed by atoms with Gasteiger partial charge in [0.2, 0.25) is 5.89 Å². The zero-order chi connectivity index (χ0) is 22.2. The average molecular weight is 440 g/mol. The molecule has 2 aliphatic rings. The number of oxazole rings is 1. The number of fused-ring (bicyclic) bond motifs is 1. The number of aliphatic carboxylic acids is 1. The first-order valence-corrected chi connectivity index (χ1v) is 10.6. The van der Waals surface area contributed by atoms with Crippen molar-refractivity contribution in [2.45, 2.75) is 38.5 Å². The van der Waals surface area contributed by atoms with Crippen LogP contribution in [-0.2, 0) is 24.4 Å². The van der Waals surface area contributed by atoms with Gasteiger partial charge in [0, 0.05) is 31.1 Å². The molecule has 1 N–H and O–H groups in total. The maximum Gasteiger partial charge on any atom is 0.306 e. The number of aromatic nitrogens is 1. The van der Waals surface area contributed by atoms with Crippen LogP contribution in [0.1, 0.15) is 29.9 Å². The Morgan fingerprint density at radius 3 is 2.66 bits per heavy atom. The fourth-order valence-electron chi connectivity index (χ4n) is 4.23. The third-order valence-corrected chi connectivity index (χ3v) is 6.23. The Hall–Kier alpha value is -3.26. The number of hydrogen-bond donors (Lipinski definition) is 1. The normalized spacial score (nSPS) is 20.4. The molecule has 1 aliphatic heterocycles. The minimum absolute atomic E-state index is 0.129. The topological polar surface area (TPSA) is 75.8 Å². The molecule has 32 heavy (non-hydrogen) atoms. The number of halogens is 2. The predicted octanol–water partition coefficient (Wildman–Crippen LogP) is 4.42. The molecule has 1 aliphatic carbocycles. The van der Waals surface area contributed by atoms with Crippen LogP contribution in [0.25, 0.3) is 11.5 Å². The molecule has 0 amide bonds. The fourth-order valence-corrected chi connectivity index (χ4v) is 4.23. The van der Waals surface area contributed by atoms with Gasteiger partial charge in [0.05, 0.1) is 11.6 Å². The number of hydrogen-bond acceptors (Lipinski definition) is 5. The third kappa shape index (κ3) is 4.10. The summed E-state index contributed by atoms with van der Waals surface area (Å²) in [4.78, 5) is 18.0. The van der Waals surface area contributed by atoms with Crippen LogP contribution in [0.3, 0.4) is 0 Å². The van der Waals surface area contributed by atoms with E-state index in [0.717, 1.165) is 42.1 Å². The zero-order valence-corrected chi connectivity index (χ0v) is 17.3. The van der Waals surface area contributed by atoms with E-state index in [0.29, 0.717) is 42.6 Å². The van der Waals surface area contributed by atoms with Crippen LogP contribution >= 0.6 is 0 Å². The van der Waals surface area contributed by atoms with E-state index in [1.54, 1.807) is 12.1 Å². The fraction of sp³-hybridized carbons (Fsp3) is 0.333. The average Bonchev–Trinajstić information content (AvgIpc) is 3.17. The van der Waals surface area contributed by atoms with E-state index in [1.807, 2.05) is 12.1 Å². The minimum Gasteiger partial charge on any atom is -0.489 e. The highest BCUT2D eigenvalue weighted by molar-refractivity contribution is 5.71. The van der Waals surface area contributed by atoms with Crippen molar-refractivity contribution >= 4 is 5.97 Å². The number of ether oxygens (including phenoxy) is 1. The van der Waals surface area contributed by atoms with Gasteiger partial charge in [0.25, 0.3) is 0 Å². The van der Waals surface area contributed by atoms with Gasteiger partial charge in [0.1, 0.15) is 18.1 Å². The maximum atomic E-state index is 13.3. The highest BCUT2D eigenvalue weighted by Gasteiger charge is 2.39. The van der Waals surface area contributed by atoms with E-state index < -0.39 is 17.6 Å². The van der Waals surface area contributed by atoms with Crippen LogP contribution in [0.5, 0.6) is 5.75 Å². The summed E-state index contributed by atoms with van der Waals surface area (Å²) in [6, 6.07) is 11.2. The lowest BCUT2D eigenvalue weighted by atomic mass is 9.79. The van der Waals surface area contributed by atoms with Crippen molar-refractivity contribution in [3.05, 3.63) is 71.1 Å². The molecule has 0 bridgehead atoms. The maximum absolute atomic E-state index is 13.3. The molecular weight excluding hydrogens is 418 g/mol. The van der Waals surface area contributed by atoms with Crippen molar-refractivity contribution in [2.75, 3.05) is 6.54 Å². The molecule has 6 nitrogen and oxygen atoms in total. The van der Waals surface area contributed by atoms with Crippen LogP contribution in [0, 0.1) is 17.6 Å². The molecule has 1 saturated carbocycles. The third-order valence-electron chi connectivity index (χ3n) is 6.23. The molecule has 0 spiro atoms. The van der Waals surface area contributed by atoms with E-state index in [1.165, 1.54) is 6.07 Å². The van der Waals surface area contributed by atoms with Crippen molar-refractivity contribution in [3.8, 4) is 17.2 Å². The zero-order valence-electron chi connectivity index (χ0n) is 17.3. The van der Waals surface area contributed by atoms with Crippen LogP contribution in [0.4, 0.5) is 8.78 Å². The summed E-state index contributed by atoms with van der Waals surface area (Å²) in [5.74, 6) is -0.695. The number of carboxylic acids is 1. The van der Waals surface area contributed by atoms with Crippen LogP contribution in [-0.4, -0.2) is 33.5 Å². The standard InChI is InChI=1S/C24H22F2N2O4/c25-19-6-1-14(9-20(19)26)13-31-18-4-2-15(3-5-18)23-27-21-12-28(8-7-22(21)32-23)17-10-16(11-17)24(29)30/h1-6,9,16-17H,7-8,10-13H2,(H,29,30)/t16-,17-. The molecule has 1 fully saturated rings. The number of carboxylic acid groups (broad SMARTS) is 1. The van der Waals surface area contributed by atoms with Gasteiger partial charge in [-0.3, -0.25) is 9.69 Å². The molecule has 0 unspecified atom stereocenters. The molecular formula is C24H22F2N2O4. The predicted molar refractivity (Wildman–Crippen MR) is 111 cm³/mol. The molecule has 8 heteroatoms. The molecule has 166 valence electrons. The van der Waals surface area contributed by atoms with E-state index in [4.69, 9.17) is 14.3 Å². The van der Waals surface area contributed by atoms with Gasteiger partial charge in [-0.1, -0.05) is 6.07 Å². The van der Waals surface area contributed by atoms with E-state index >= 15 is 0 Å². The van der Waals surface area contributed by atoms with Crippen molar-refractivity contribution in [1.82, 2.24) is 9.88 Å². The van der Waals surface area contributed by atoms with Crippen molar-refractivity contribution in [2.24, 2.45) is 5.92 Å². The van der Waals surface area contributed by atoms with Crippen molar-refractivity contribution < 1.29 is 27.8 Å². The van der Waals surface area contributed by atoms with E-state index in [2.05, 4.69) is 9.88 Å². The van der Waals surface area contributed by atoms with Gasteiger partial charge >= 0.3 is 5.97 Å². The second-order valence-corrected chi connectivity index (χ2v) is 8.33. The summed E-state index contributed by atoms with van der Waals surface area (Å²) in [5, 5.41) is 9.09. The minimum atomic E-state index is -0.896. The molecule has 0 radical (unpaired) electrons. The van der Waals surface area contributed by atoms with Gasteiger partial charge in [-0.05, 0) is 54.8 Å². The van der Waals surface area contributed by atoms with Gasteiger partial charge in [0.15, 0.2) is 11.6 Å². The molecule has 2 aromatic carbocycles. The molecule has 2 heterocycles. The summed E-state index contributed by atoms with van der Waals surface area (Å²) in [6.45, 7) is 1.64. The van der Waals surface area contributed by atoms with Crippen LogP contribution in [0.15, 0.2) is 46.9 Å². The Morgan fingerprint density at radius 1 is 1.16 bits per heavy atom. The van der Waals surface area contributed by atoms with Crippen molar-refractivity contribution in [1.29, 1.82) is 0 Å². The van der Waals surface area contributed by atoms with Gasteiger partial charge < -0.3 is 14.3 Å².